The molecule has 1 aliphatic rings. The molecule has 2 heterocycles. The number of oxazole rings is 1. The fourth-order valence-electron chi connectivity index (χ4n) is 2.35. The first-order chi connectivity index (χ1) is 9.65. The SMILES string of the molecule is O=S(=O)(NC[C@H]1CCCNC1)c1nc2ccccc2o1. The Labute approximate surface area is 117 Å². The summed E-state index contributed by atoms with van der Waals surface area (Å²) in [5, 5.41) is 3.00. The highest BCUT2D eigenvalue weighted by molar-refractivity contribution is 7.89. The highest BCUT2D eigenvalue weighted by atomic mass is 32.2. The minimum Gasteiger partial charge on any atom is -0.427 e. The zero-order valence-corrected chi connectivity index (χ0v) is 11.8. The van der Waals surface area contributed by atoms with Crippen LogP contribution in [0.3, 0.4) is 0 Å². The van der Waals surface area contributed by atoms with Crippen LogP contribution in [0.5, 0.6) is 0 Å². The maximum absolute atomic E-state index is 12.2. The number of piperidine rings is 1. The summed E-state index contributed by atoms with van der Waals surface area (Å²) in [5.74, 6) is 0.322. The Morgan fingerprint density at radius 3 is 3.00 bits per heavy atom. The second kappa shape index (κ2) is 5.51. The monoisotopic (exact) mass is 295 g/mol. The summed E-state index contributed by atoms with van der Waals surface area (Å²) >= 11 is 0. The molecule has 2 N–H and O–H groups in total. The lowest BCUT2D eigenvalue weighted by atomic mass is 10.0. The van der Waals surface area contributed by atoms with Gasteiger partial charge in [-0.2, -0.15) is 4.98 Å². The largest absolute Gasteiger partial charge is 0.427 e. The van der Waals surface area contributed by atoms with Gasteiger partial charge in [0.15, 0.2) is 5.58 Å². The Morgan fingerprint density at radius 1 is 1.40 bits per heavy atom. The van der Waals surface area contributed by atoms with Crippen molar-refractivity contribution in [2.75, 3.05) is 19.6 Å². The maximum atomic E-state index is 12.2. The lowest BCUT2D eigenvalue weighted by molar-refractivity contribution is 0.373. The molecule has 1 aromatic carbocycles. The third-order valence-corrected chi connectivity index (χ3v) is 4.65. The summed E-state index contributed by atoms with van der Waals surface area (Å²) in [6.45, 7) is 2.26. The molecule has 7 heteroatoms. The molecule has 0 saturated carbocycles. The van der Waals surface area contributed by atoms with Crippen molar-refractivity contribution in [1.29, 1.82) is 0 Å². The van der Waals surface area contributed by atoms with Gasteiger partial charge in [0.05, 0.1) is 0 Å². The van der Waals surface area contributed by atoms with Crippen LogP contribution in [0.1, 0.15) is 12.8 Å². The number of nitrogens with one attached hydrogen (secondary N) is 2. The number of benzene rings is 1. The van der Waals surface area contributed by atoms with Crippen molar-refractivity contribution in [3.05, 3.63) is 24.3 Å². The van der Waals surface area contributed by atoms with Gasteiger partial charge >= 0.3 is 5.22 Å². The van der Waals surface area contributed by atoms with E-state index in [-0.39, 0.29) is 5.22 Å². The van der Waals surface area contributed by atoms with Crippen molar-refractivity contribution in [1.82, 2.24) is 15.0 Å². The zero-order valence-electron chi connectivity index (χ0n) is 11.0. The number of para-hydroxylation sites is 2. The van der Waals surface area contributed by atoms with E-state index in [1.54, 1.807) is 24.3 Å². The summed E-state index contributed by atoms with van der Waals surface area (Å²) in [4.78, 5) is 4.02. The molecule has 20 heavy (non-hydrogen) atoms. The predicted molar refractivity (Wildman–Crippen MR) is 74.8 cm³/mol. The molecule has 0 unspecified atom stereocenters. The van der Waals surface area contributed by atoms with Gasteiger partial charge in [-0.25, -0.2) is 13.1 Å². The smallest absolute Gasteiger partial charge is 0.331 e. The molecule has 6 nitrogen and oxygen atoms in total. The van der Waals surface area contributed by atoms with Crippen molar-refractivity contribution in [2.24, 2.45) is 5.92 Å². The van der Waals surface area contributed by atoms with E-state index in [0.717, 1.165) is 25.9 Å². The van der Waals surface area contributed by atoms with Gasteiger partial charge in [0.25, 0.3) is 10.0 Å². The molecular formula is C13H17N3O3S. The van der Waals surface area contributed by atoms with Gasteiger partial charge in [0.2, 0.25) is 0 Å². The van der Waals surface area contributed by atoms with Crippen LogP contribution < -0.4 is 10.0 Å². The number of nitrogens with zero attached hydrogens (tertiary/aromatic N) is 1. The molecule has 1 atom stereocenters. The van der Waals surface area contributed by atoms with Crippen LogP contribution in [0.4, 0.5) is 0 Å². The summed E-state index contributed by atoms with van der Waals surface area (Å²) in [5.41, 5.74) is 1.03. The van der Waals surface area contributed by atoms with E-state index in [2.05, 4.69) is 15.0 Å². The molecule has 3 rings (SSSR count). The van der Waals surface area contributed by atoms with Gasteiger partial charge < -0.3 is 9.73 Å². The topological polar surface area (TPSA) is 84.2 Å². The Hall–Kier alpha value is -1.44. The second-order valence-corrected chi connectivity index (χ2v) is 6.66. The minimum atomic E-state index is -3.68. The molecule has 1 fully saturated rings. The van der Waals surface area contributed by atoms with E-state index >= 15 is 0 Å². The van der Waals surface area contributed by atoms with Crippen LogP contribution in [0, 0.1) is 5.92 Å². The van der Waals surface area contributed by atoms with Crippen molar-refractivity contribution in [3.63, 3.8) is 0 Å². The van der Waals surface area contributed by atoms with Crippen LogP contribution in [-0.4, -0.2) is 33.0 Å². The van der Waals surface area contributed by atoms with E-state index < -0.39 is 10.0 Å². The van der Waals surface area contributed by atoms with E-state index in [1.807, 2.05) is 0 Å². The molecule has 1 aliphatic heterocycles. The predicted octanol–water partition coefficient (Wildman–Crippen LogP) is 1.11. The fraction of sp³-hybridized carbons (Fsp3) is 0.462. The summed E-state index contributed by atoms with van der Waals surface area (Å²) in [7, 11) is -3.68. The van der Waals surface area contributed by atoms with E-state index in [0.29, 0.717) is 23.6 Å². The van der Waals surface area contributed by atoms with Gasteiger partial charge in [-0.15, -0.1) is 0 Å². The van der Waals surface area contributed by atoms with Gasteiger partial charge in [0.1, 0.15) is 5.52 Å². The van der Waals surface area contributed by atoms with Crippen LogP contribution in [-0.2, 0) is 10.0 Å². The van der Waals surface area contributed by atoms with E-state index in [4.69, 9.17) is 4.42 Å². The molecule has 1 aromatic heterocycles. The number of hydrogen-bond acceptors (Lipinski definition) is 5. The third-order valence-electron chi connectivity index (χ3n) is 3.47. The number of sulfonamides is 1. The molecule has 0 spiro atoms. The first-order valence-electron chi connectivity index (χ1n) is 6.71. The second-order valence-electron chi connectivity index (χ2n) is 5.01. The highest BCUT2D eigenvalue weighted by Crippen LogP contribution is 2.18. The average Bonchev–Trinajstić information content (AvgIpc) is 2.91. The van der Waals surface area contributed by atoms with Gasteiger partial charge in [0, 0.05) is 6.54 Å². The van der Waals surface area contributed by atoms with Gasteiger partial charge in [-0.05, 0) is 44.0 Å². The summed E-state index contributed by atoms with van der Waals surface area (Å²) < 4.78 is 32.2. The lowest BCUT2D eigenvalue weighted by Gasteiger charge is -2.22. The molecule has 0 aliphatic carbocycles. The van der Waals surface area contributed by atoms with Crippen LogP contribution in [0.25, 0.3) is 11.1 Å². The van der Waals surface area contributed by atoms with Gasteiger partial charge in [-0.3, -0.25) is 0 Å². The normalized spacial score (nSPS) is 20.3. The summed E-state index contributed by atoms with van der Waals surface area (Å²) in [6.07, 6.45) is 2.11. The zero-order chi connectivity index (χ0) is 14.0. The lowest BCUT2D eigenvalue weighted by Crippen LogP contribution is -2.38. The molecule has 0 amide bonds. The minimum absolute atomic E-state index is 0.262. The van der Waals surface area contributed by atoms with E-state index in [9.17, 15) is 8.42 Å². The van der Waals surface area contributed by atoms with E-state index in [1.165, 1.54) is 0 Å². The molecule has 2 aromatic rings. The number of fused-ring (bicyclic) bond motifs is 1. The Morgan fingerprint density at radius 2 is 2.25 bits per heavy atom. The standard InChI is InChI=1S/C13H17N3O3S/c17-20(18,15-9-10-4-3-7-14-8-10)13-16-11-5-1-2-6-12(11)19-13/h1-2,5-6,10,14-15H,3-4,7-9H2/t10-/m0/s1. The molecule has 0 radical (unpaired) electrons. The van der Waals surface area contributed by atoms with Crippen molar-refractivity contribution in [2.45, 2.75) is 18.1 Å². The van der Waals surface area contributed by atoms with Crippen LogP contribution in [0.15, 0.2) is 33.9 Å². The fourth-order valence-corrected chi connectivity index (χ4v) is 3.35. The number of rotatable bonds is 4. The number of aromatic nitrogens is 1. The molecule has 108 valence electrons. The van der Waals surface area contributed by atoms with Crippen LogP contribution >= 0.6 is 0 Å². The van der Waals surface area contributed by atoms with Crippen molar-refractivity contribution in [3.8, 4) is 0 Å². The molecule has 1 saturated heterocycles. The summed E-state index contributed by atoms with van der Waals surface area (Å²) in [6, 6.07) is 7.00. The molecule has 0 bridgehead atoms. The first kappa shape index (κ1) is 13.5. The maximum Gasteiger partial charge on any atom is 0.331 e. The third kappa shape index (κ3) is 2.84. The average molecular weight is 295 g/mol. The molecular weight excluding hydrogens is 278 g/mol. The Kier molecular flexibility index (Phi) is 3.73. The Bertz CT molecular complexity index is 657. The van der Waals surface area contributed by atoms with Crippen LogP contribution in [0.2, 0.25) is 0 Å². The van der Waals surface area contributed by atoms with Gasteiger partial charge in [-0.1, -0.05) is 12.1 Å². The number of hydrogen-bond donors (Lipinski definition) is 2. The Balaban J connectivity index is 1.73. The first-order valence-corrected chi connectivity index (χ1v) is 8.19. The van der Waals surface area contributed by atoms with Crippen molar-refractivity contribution >= 4 is 21.1 Å². The highest BCUT2D eigenvalue weighted by Gasteiger charge is 2.23. The quantitative estimate of drug-likeness (QED) is 0.882. The van der Waals surface area contributed by atoms with Crippen molar-refractivity contribution < 1.29 is 12.8 Å².